The number of anilines is 1. The summed E-state index contributed by atoms with van der Waals surface area (Å²) in [6, 6.07) is 6.55. The van der Waals surface area contributed by atoms with Crippen LogP contribution in [0, 0.1) is 11.7 Å². The quantitative estimate of drug-likeness (QED) is 0.646. The molecule has 0 N–H and O–H groups in total. The number of pyridine rings is 2. The van der Waals surface area contributed by atoms with E-state index in [-0.39, 0.29) is 17.5 Å². The van der Waals surface area contributed by atoms with Gasteiger partial charge in [-0.05, 0) is 30.5 Å². The zero-order valence-corrected chi connectivity index (χ0v) is 15.0. The zero-order valence-electron chi connectivity index (χ0n) is 14.2. The van der Waals surface area contributed by atoms with E-state index < -0.39 is 5.82 Å². The Morgan fingerprint density at radius 3 is 2.74 bits per heavy atom. The monoisotopic (exact) mass is 383 g/mol. The summed E-state index contributed by atoms with van der Waals surface area (Å²) >= 11 is 5.80. The lowest BCUT2D eigenvalue weighted by atomic mass is 9.99. The van der Waals surface area contributed by atoms with Gasteiger partial charge in [0.25, 0.3) is 0 Å². The van der Waals surface area contributed by atoms with E-state index in [0.717, 1.165) is 5.56 Å². The van der Waals surface area contributed by atoms with Crippen LogP contribution in [-0.4, -0.2) is 32.6 Å². The smallest absolute Gasteiger partial charge is 0.230 e. The van der Waals surface area contributed by atoms with Gasteiger partial charge in [0.2, 0.25) is 5.91 Å². The lowest BCUT2D eigenvalue weighted by Gasteiger charge is -2.17. The van der Waals surface area contributed by atoms with E-state index in [0.29, 0.717) is 35.8 Å². The fraction of sp³-hybridized carbons (Fsp3) is 0.211. The average Bonchev–Trinajstić information content (AvgIpc) is 3.04. The van der Waals surface area contributed by atoms with Crippen LogP contribution in [0.25, 0.3) is 11.3 Å². The molecule has 1 atom stereocenters. The second kappa shape index (κ2) is 7.36. The summed E-state index contributed by atoms with van der Waals surface area (Å²) in [6.45, 7) is 0.530. The minimum Gasteiger partial charge on any atom is -0.311 e. The molecule has 0 aromatic carbocycles. The number of hydrogen-bond acceptors (Lipinski definition) is 5. The van der Waals surface area contributed by atoms with Gasteiger partial charge in [-0.1, -0.05) is 17.7 Å². The van der Waals surface area contributed by atoms with Crippen LogP contribution in [0.2, 0.25) is 5.15 Å². The molecule has 0 bridgehead atoms. The topological polar surface area (TPSA) is 71.9 Å². The van der Waals surface area contributed by atoms with Crippen LogP contribution in [0.5, 0.6) is 0 Å². The minimum absolute atomic E-state index is 0.0375. The third-order valence-corrected chi connectivity index (χ3v) is 4.81. The molecule has 4 rings (SSSR count). The number of amides is 1. The molecule has 1 saturated heterocycles. The predicted molar refractivity (Wildman–Crippen MR) is 98.6 cm³/mol. The van der Waals surface area contributed by atoms with Crippen LogP contribution in [-0.2, 0) is 11.2 Å². The maximum Gasteiger partial charge on any atom is 0.230 e. The maximum absolute atomic E-state index is 14.5. The third kappa shape index (κ3) is 3.64. The molecule has 6 nitrogen and oxygen atoms in total. The maximum atomic E-state index is 14.5. The summed E-state index contributed by atoms with van der Waals surface area (Å²) < 4.78 is 14.5. The highest BCUT2D eigenvalue weighted by atomic mass is 35.5. The molecule has 0 radical (unpaired) electrons. The Labute approximate surface area is 160 Å². The fourth-order valence-electron chi connectivity index (χ4n) is 3.22. The lowest BCUT2D eigenvalue weighted by Crippen LogP contribution is -2.28. The highest BCUT2D eigenvalue weighted by Crippen LogP contribution is 2.29. The van der Waals surface area contributed by atoms with E-state index in [1.165, 1.54) is 24.7 Å². The van der Waals surface area contributed by atoms with Crippen LogP contribution >= 0.6 is 11.6 Å². The lowest BCUT2D eigenvalue weighted by molar-refractivity contribution is -0.120. The molecule has 3 aromatic rings. The second-order valence-corrected chi connectivity index (χ2v) is 6.71. The molecule has 1 amide bonds. The van der Waals surface area contributed by atoms with E-state index in [1.807, 2.05) is 6.07 Å². The largest absolute Gasteiger partial charge is 0.311 e. The van der Waals surface area contributed by atoms with Crippen molar-refractivity contribution < 1.29 is 9.18 Å². The van der Waals surface area contributed by atoms with Crippen molar-refractivity contribution >= 4 is 23.2 Å². The number of aromatic nitrogens is 4. The standard InChI is InChI=1S/C19H15ClFN5O/c20-17-2-1-12(9-22-17)7-13-4-6-26(19(13)27)15-8-16(21)18(23-11-15)14-3-5-24-25-10-14/h1-3,5,8-11,13H,4,6-7H2/t13-/m0/s1. The zero-order chi connectivity index (χ0) is 18.8. The van der Waals surface area contributed by atoms with Gasteiger partial charge in [0.15, 0.2) is 5.82 Å². The van der Waals surface area contributed by atoms with Crippen molar-refractivity contribution in [2.75, 3.05) is 11.4 Å². The molecule has 1 fully saturated rings. The molecule has 1 aliphatic heterocycles. The highest BCUT2D eigenvalue weighted by Gasteiger charge is 2.33. The van der Waals surface area contributed by atoms with Gasteiger partial charge in [-0.3, -0.25) is 9.78 Å². The van der Waals surface area contributed by atoms with Crippen LogP contribution in [0.1, 0.15) is 12.0 Å². The van der Waals surface area contributed by atoms with Gasteiger partial charge in [0, 0.05) is 30.3 Å². The molecule has 3 aromatic heterocycles. The summed E-state index contributed by atoms with van der Waals surface area (Å²) in [6.07, 6.45) is 7.39. The predicted octanol–water partition coefficient (Wildman–Crippen LogP) is 3.32. The minimum atomic E-state index is -0.501. The number of hydrogen-bond donors (Lipinski definition) is 0. The second-order valence-electron chi connectivity index (χ2n) is 6.32. The summed E-state index contributed by atoms with van der Waals surface area (Å²) in [5.41, 5.74) is 2.13. The summed E-state index contributed by atoms with van der Waals surface area (Å²) in [4.78, 5) is 22.6. The fourth-order valence-corrected chi connectivity index (χ4v) is 3.33. The van der Waals surface area contributed by atoms with Gasteiger partial charge >= 0.3 is 0 Å². The normalized spacial score (nSPS) is 16.7. The van der Waals surface area contributed by atoms with E-state index >= 15 is 0 Å². The number of halogens is 2. The molecule has 27 heavy (non-hydrogen) atoms. The first-order valence-corrected chi connectivity index (χ1v) is 8.84. The average molecular weight is 384 g/mol. The van der Waals surface area contributed by atoms with Crippen molar-refractivity contribution in [1.82, 2.24) is 20.2 Å². The van der Waals surface area contributed by atoms with Crippen molar-refractivity contribution in [1.29, 1.82) is 0 Å². The van der Waals surface area contributed by atoms with Gasteiger partial charge in [-0.25, -0.2) is 9.37 Å². The SMILES string of the molecule is O=C1[C@H](Cc2ccc(Cl)nc2)CCN1c1cnc(-c2ccnnc2)c(F)c1. The molecule has 0 spiro atoms. The molecule has 0 saturated carbocycles. The Morgan fingerprint density at radius 2 is 2.04 bits per heavy atom. The highest BCUT2D eigenvalue weighted by molar-refractivity contribution is 6.29. The Hall–Kier alpha value is -2.93. The molecule has 8 heteroatoms. The molecule has 136 valence electrons. The van der Waals surface area contributed by atoms with E-state index in [9.17, 15) is 9.18 Å². The first kappa shape index (κ1) is 17.5. The Kier molecular flexibility index (Phi) is 4.77. The summed E-state index contributed by atoms with van der Waals surface area (Å²) in [5.74, 6) is -0.705. The Balaban J connectivity index is 1.51. The summed E-state index contributed by atoms with van der Waals surface area (Å²) in [5, 5.41) is 7.83. The number of carbonyl (C=O) groups is 1. The van der Waals surface area contributed by atoms with Crippen molar-refractivity contribution in [2.24, 2.45) is 5.92 Å². The van der Waals surface area contributed by atoms with Crippen molar-refractivity contribution in [3.8, 4) is 11.3 Å². The summed E-state index contributed by atoms with van der Waals surface area (Å²) in [7, 11) is 0. The first-order chi connectivity index (χ1) is 13.1. The van der Waals surface area contributed by atoms with Gasteiger partial charge in [-0.2, -0.15) is 10.2 Å². The van der Waals surface area contributed by atoms with Gasteiger partial charge in [0.05, 0.1) is 24.3 Å². The van der Waals surface area contributed by atoms with Gasteiger partial charge in [-0.15, -0.1) is 0 Å². The van der Waals surface area contributed by atoms with E-state index in [4.69, 9.17) is 11.6 Å². The molecular weight excluding hydrogens is 369 g/mol. The number of rotatable bonds is 4. The number of carbonyl (C=O) groups excluding carboxylic acids is 1. The van der Waals surface area contributed by atoms with Crippen molar-refractivity contribution in [3.63, 3.8) is 0 Å². The first-order valence-electron chi connectivity index (χ1n) is 8.46. The van der Waals surface area contributed by atoms with E-state index in [1.54, 1.807) is 23.2 Å². The van der Waals surface area contributed by atoms with Crippen LogP contribution in [0.4, 0.5) is 10.1 Å². The van der Waals surface area contributed by atoms with E-state index in [2.05, 4.69) is 20.2 Å². The van der Waals surface area contributed by atoms with Crippen LogP contribution in [0.3, 0.4) is 0 Å². The molecular formula is C19H15ClFN5O. The van der Waals surface area contributed by atoms with Crippen LogP contribution < -0.4 is 4.90 Å². The van der Waals surface area contributed by atoms with Crippen molar-refractivity contribution in [2.45, 2.75) is 12.8 Å². The molecule has 0 unspecified atom stereocenters. The number of nitrogens with zero attached hydrogens (tertiary/aromatic N) is 5. The van der Waals surface area contributed by atoms with Crippen molar-refractivity contribution in [3.05, 3.63) is 65.6 Å². The van der Waals surface area contributed by atoms with Crippen LogP contribution in [0.15, 0.2) is 49.1 Å². The van der Waals surface area contributed by atoms with Gasteiger partial charge < -0.3 is 4.90 Å². The molecule has 0 aliphatic carbocycles. The third-order valence-electron chi connectivity index (χ3n) is 4.58. The molecule has 1 aliphatic rings. The Morgan fingerprint density at radius 1 is 1.15 bits per heavy atom. The van der Waals surface area contributed by atoms with Gasteiger partial charge in [0.1, 0.15) is 10.8 Å². The molecule has 4 heterocycles. The Bertz CT molecular complexity index is 968.